The van der Waals surface area contributed by atoms with Crippen LogP contribution in [0.1, 0.15) is 30.5 Å². The number of ether oxygens (including phenoxy) is 1. The normalized spacial score (nSPS) is 11.8. The highest BCUT2D eigenvalue weighted by Crippen LogP contribution is 2.33. The van der Waals surface area contributed by atoms with Gasteiger partial charge in [0.05, 0.1) is 17.2 Å². The highest BCUT2D eigenvalue weighted by Gasteiger charge is 2.35. The molecule has 0 aliphatic heterocycles. The van der Waals surface area contributed by atoms with Crippen LogP contribution < -0.4 is 14.4 Å². The Bertz CT molecular complexity index is 1750. The van der Waals surface area contributed by atoms with Crippen LogP contribution in [0.5, 0.6) is 5.75 Å². The van der Waals surface area contributed by atoms with Gasteiger partial charge in [-0.3, -0.25) is 13.9 Å². The van der Waals surface area contributed by atoms with Gasteiger partial charge in [-0.25, -0.2) is 8.42 Å². The van der Waals surface area contributed by atoms with E-state index in [1.165, 1.54) is 17.0 Å². The summed E-state index contributed by atoms with van der Waals surface area (Å²) < 4.78 is 35.4. The Balaban J connectivity index is 1.85. The quantitative estimate of drug-likeness (QED) is 0.160. The molecule has 0 aliphatic carbocycles. The van der Waals surface area contributed by atoms with Crippen LogP contribution >= 0.6 is 23.2 Å². The number of anilines is 1. The first-order valence-electron chi connectivity index (χ1n) is 14.9. The molecule has 8 nitrogen and oxygen atoms in total. The Morgan fingerprint density at radius 1 is 0.891 bits per heavy atom. The summed E-state index contributed by atoms with van der Waals surface area (Å²) >= 11 is 12.7. The molecule has 11 heteroatoms. The van der Waals surface area contributed by atoms with Gasteiger partial charge in [0.15, 0.2) is 0 Å². The molecule has 1 atom stereocenters. The molecule has 1 N–H and O–H groups in total. The molecule has 0 fully saturated rings. The molecule has 0 aromatic heterocycles. The van der Waals surface area contributed by atoms with Crippen molar-refractivity contribution in [2.75, 3.05) is 24.0 Å². The van der Waals surface area contributed by atoms with E-state index in [-0.39, 0.29) is 36.1 Å². The monoisotopic (exact) mass is 681 g/mol. The molecule has 46 heavy (non-hydrogen) atoms. The topological polar surface area (TPSA) is 96.0 Å². The zero-order valence-electron chi connectivity index (χ0n) is 26.0. The number of likely N-dealkylation sites (N-methyl/N-ethyl adjacent to an activating group) is 1. The molecule has 4 rings (SSSR count). The van der Waals surface area contributed by atoms with E-state index >= 15 is 0 Å². The molecule has 0 heterocycles. The number of halogens is 2. The van der Waals surface area contributed by atoms with Crippen molar-refractivity contribution < 1.29 is 22.7 Å². The van der Waals surface area contributed by atoms with Crippen LogP contribution in [0.2, 0.25) is 10.0 Å². The van der Waals surface area contributed by atoms with Crippen molar-refractivity contribution in [3.63, 3.8) is 0 Å². The van der Waals surface area contributed by atoms with Crippen molar-refractivity contribution in [2.24, 2.45) is 0 Å². The Morgan fingerprint density at radius 3 is 2.22 bits per heavy atom. The van der Waals surface area contributed by atoms with Crippen LogP contribution in [-0.2, 0) is 32.6 Å². The molecule has 4 aromatic carbocycles. The third-order valence-corrected chi connectivity index (χ3v) is 9.66. The SMILES string of the molecule is CCNC(=O)[C@H](Cc1ccccc1)N(Cc1ccc(Cl)cc1Cl)C(=O)CN(c1ccccc1OCC)S(=O)(=O)c1ccc(C)cc1. The predicted octanol–water partition coefficient (Wildman–Crippen LogP) is 6.67. The maximum absolute atomic E-state index is 14.6. The molecule has 0 saturated heterocycles. The number of amides is 2. The van der Waals surface area contributed by atoms with E-state index in [0.29, 0.717) is 27.9 Å². The average Bonchev–Trinajstić information content (AvgIpc) is 3.03. The molecule has 0 bridgehead atoms. The number of carbonyl (C=O) groups is 2. The van der Waals surface area contributed by atoms with Gasteiger partial charge in [0.2, 0.25) is 11.8 Å². The summed E-state index contributed by atoms with van der Waals surface area (Å²) in [6, 6.07) is 26.3. The van der Waals surface area contributed by atoms with Gasteiger partial charge in [-0.2, -0.15) is 0 Å². The molecule has 0 aliphatic rings. The van der Waals surface area contributed by atoms with Gasteiger partial charge in [0.1, 0.15) is 18.3 Å². The van der Waals surface area contributed by atoms with E-state index in [4.69, 9.17) is 27.9 Å². The number of aryl methyl sites for hydroxylation is 1. The first kappa shape index (κ1) is 34.8. The average molecular weight is 683 g/mol. The van der Waals surface area contributed by atoms with Gasteiger partial charge < -0.3 is 15.0 Å². The summed E-state index contributed by atoms with van der Waals surface area (Å²) in [4.78, 5) is 29.6. The minimum absolute atomic E-state index is 0.00839. The zero-order valence-corrected chi connectivity index (χ0v) is 28.3. The smallest absolute Gasteiger partial charge is 0.264 e. The number of rotatable bonds is 14. The summed E-state index contributed by atoms with van der Waals surface area (Å²) in [5.74, 6) is -0.696. The Labute approximate surface area is 280 Å². The molecule has 2 amide bonds. The third kappa shape index (κ3) is 8.60. The predicted molar refractivity (Wildman–Crippen MR) is 183 cm³/mol. The molecule has 0 spiro atoms. The lowest BCUT2D eigenvalue weighted by Crippen LogP contribution is -2.53. The number of carbonyl (C=O) groups excluding carboxylic acids is 2. The number of nitrogens with zero attached hydrogens (tertiary/aromatic N) is 2. The van der Waals surface area contributed by atoms with Crippen molar-refractivity contribution in [1.29, 1.82) is 0 Å². The summed E-state index contributed by atoms with van der Waals surface area (Å²) in [6.07, 6.45) is 0.184. The van der Waals surface area contributed by atoms with E-state index < -0.39 is 28.5 Å². The lowest BCUT2D eigenvalue weighted by Gasteiger charge is -2.34. The summed E-state index contributed by atoms with van der Waals surface area (Å²) in [7, 11) is -4.28. The second-order valence-electron chi connectivity index (χ2n) is 10.6. The van der Waals surface area contributed by atoms with Gasteiger partial charge in [-0.1, -0.05) is 89.4 Å². The summed E-state index contributed by atoms with van der Waals surface area (Å²) in [5.41, 5.74) is 2.45. The number of hydrogen-bond acceptors (Lipinski definition) is 5. The van der Waals surface area contributed by atoms with E-state index in [1.807, 2.05) is 37.3 Å². The molecule has 0 saturated carbocycles. The molecular formula is C35H37Cl2N3O5S. The number of hydrogen-bond donors (Lipinski definition) is 1. The van der Waals surface area contributed by atoms with E-state index in [2.05, 4.69) is 5.32 Å². The van der Waals surface area contributed by atoms with E-state index in [1.54, 1.807) is 68.4 Å². The van der Waals surface area contributed by atoms with Gasteiger partial charge >= 0.3 is 0 Å². The Hall–Kier alpha value is -4.05. The molecule has 4 aromatic rings. The molecule has 242 valence electrons. The van der Waals surface area contributed by atoms with Crippen LogP contribution in [0.4, 0.5) is 5.69 Å². The van der Waals surface area contributed by atoms with Gasteiger partial charge in [-0.15, -0.1) is 0 Å². The lowest BCUT2D eigenvalue weighted by molar-refractivity contribution is -0.140. The highest BCUT2D eigenvalue weighted by atomic mass is 35.5. The lowest BCUT2D eigenvalue weighted by atomic mass is 10.0. The number of benzene rings is 4. The van der Waals surface area contributed by atoms with Crippen molar-refractivity contribution in [3.8, 4) is 5.75 Å². The standard InChI is InChI=1S/C35H37Cl2N3O5S/c1-4-38-35(42)32(21-26-11-7-6-8-12-26)39(23-27-17-18-28(36)22-30(27)37)34(41)24-40(31-13-9-10-14-33(31)45-5-2)46(43,44)29-19-15-25(3)16-20-29/h6-20,22,32H,4-5,21,23-24H2,1-3H3,(H,38,42)/t32-/m0/s1. The van der Waals surface area contributed by atoms with Crippen LogP contribution in [-0.4, -0.2) is 50.9 Å². The minimum Gasteiger partial charge on any atom is -0.492 e. The molecule has 0 radical (unpaired) electrons. The van der Waals surface area contributed by atoms with E-state index in [0.717, 1.165) is 15.4 Å². The molecule has 0 unspecified atom stereocenters. The van der Waals surface area contributed by atoms with Crippen molar-refractivity contribution >= 4 is 50.7 Å². The molecular weight excluding hydrogens is 645 g/mol. The zero-order chi connectivity index (χ0) is 33.3. The first-order valence-corrected chi connectivity index (χ1v) is 17.1. The Kier molecular flexibility index (Phi) is 12.1. The maximum atomic E-state index is 14.6. The van der Waals surface area contributed by atoms with Gasteiger partial charge in [-0.05, 0) is 68.3 Å². The van der Waals surface area contributed by atoms with Crippen molar-refractivity contribution in [3.05, 3.63) is 124 Å². The van der Waals surface area contributed by atoms with Crippen LogP contribution in [0.25, 0.3) is 0 Å². The van der Waals surface area contributed by atoms with Crippen LogP contribution in [0.3, 0.4) is 0 Å². The fourth-order valence-electron chi connectivity index (χ4n) is 4.97. The van der Waals surface area contributed by atoms with Crippen LogP contribution in [0.15, 0.2) is 102 Å². The highest BCUT2D eigenvalue weighted by molar-refractivity contribution is 7.92. The fraction of sp³-hybridized carbons (Fsp3) is 0.257. The van der Waals surface area contributed by atoms with Gasteiger partial charge in [0, 0.05) is 29.6 Å². The summed E-state index contributed by atoms with van der Waals surface area (Å²) in [5, 5.41) is 3.57. The largest absolute Gasteiger partial charge is 0.492 e. The number of nitrogens with one attached hydrogen (secondary N) is 1. The third-order valence-electron chi connectivity index (χ3n) is 7.30. The minimum atomic E-state index is -4.28. The second kappa shape index (κ2) is 16.0. The van der Waals surface area contributed by atoms with Gasteiger partial charge in [0.25, 0.3) is 10.0 Å². The van der Waals surface area contributed by atoms with Crippen molar-refractivity contribution in [1.82, 2.24) is 10.2 Å². The Morgan fingerprint density at radius 2 is 1.57 bits per heavy atom. The van der Waals surface area contributed by atoms with Crippen LogP contribution in [0, 0.1) is 6.92 Å². The second-order valence-corrected chi connectivity index (χ2v) is 13.3. The number of sulfonamides is 1. The van der Waals surface area contributed by atoms with E-state index in [9.17, 15) is 18.0 Å². The maximum Gasteiger partial charge on any atom is 0.264 e. The number of para-hydroxylation sites is 2. The summed E-state index contributed by atoms with van der Waals surface area (Å²) in [6.45, 7) is 5.37. The van der Waals surface area contributed by atoms with Crippen molar-refractivity contribution in [2.45, 2.75) is 44.7 Å². The fourth-order valence-corrected chi connectivity index (χ4v) is 6.86. The first-order chi connectivity index (χ1) is 22.0.